The average Bonchev–Trinajstić information content (AvgIpc) is 1.86. The van der Waals surface area contributed by atoms with Crippen molar-refractivity contribution < 1.29 is 53.5 Å². The standard InChI is InChI=1S/F2NO6S2.Li/c1-8-10(4,5)3-11(6,7)9-2;/q-1;+1. The first-order chi connectivity index (χ1) is 4.83. The van der Waals surface area contributed by atoms with Crippen LogP contribution in [0.3, 0.4) is 0 Å². The first-order valence-corrected chi connectivity index (χ1v) is 4.40. The van der Waals surface area contributed by atoms with Crippen LogP contribution in [0.25, 0.3) is 4.13 Å². The summed E-state index contributed by atoms with van der Waals surface area (Å²) in [5.74, 6) is 0. The molecular weight excluding hydrogens is 219 g/mol. The van der Waals surface area contributed by atoms with Gasteiger partial charge in [-0.1, -0.05) is 8.78 Å². The van der Waals surface area contributed by atoms with Crippen LogP contribution >= 0.6 is 0 Å². The summed E-state index contributed by atoms with van der Waals surface area (Å²) < 4.78 is 66.4. The SMILES string of the molecule is O=S(=O)([N-]S(=O)(=O)OF)OF.[Li+]. The van der Waals surface area contributed by atoms with E-state index in [1.54, 1.807) is 0 Å². The van der Waals surface area contributed by atoms with Gasteiger partial charge in [-0.05, 0) is 9.05 Å². The molecule has 0 amide bonds. The number of nitrogens with zero attached hydrogens (tertiary/aromatic N) is 1. The smallest absolute Gasteiger partial charge is 0.383 e. The van der Waals surface area contributed by atoms with E-state index in [4.69, 9.17) is 0 Å². The van der Waals surface area contributed by atoms with E-state index in [9.17, 15) is 25.9 Å². The van der Waals surface area contributed by atoms with Crippen LogP contribution in [0.5, 0.6) is 0 Å². The molecule has 0 spiro atoms. The second-order valence-corrected chi connectivity index (χ2v) is 3.62. The Morgan fingerprint density at radius 3 is 1.33 bits per heavy atom. The molecule has 0 saturated heterocycles. The van der Waals surface area contributed by atoms with Gasteiger partial charge in [0.1, 0.15) is 0 Å². The zero-order valence-electron chi connectivity index (χ0n) is 5.47. The van der Waals surface area contributed by atoms with Gasteiger partial charge in [0.25, 0.3) is 0 Å². The van der Waals surface area contributed by atoms with Gasteiger partial charge in [-0.15, -0.1) is 0 Å². The zero-order chi connectivity index (χ0) is 9.12. The van der Waals surface area contributed by atoms with Crippen molar-refractivity contribution in [3.05, 3.63) is 4.13 Å². The Hall–Kier alpha value is 0.237. The molecule has 0 saturated carbocycles. The molecule has 0 radical (unpaired) electrons. The minimum Gasteiger partial charge on any atom is -0.383 e. The van der Waals surface area contributed by atoms with E-state index in [0.717, 1.165) is 0 Å². The van der Waals surface area contributed by atoms with Crippen molar-refractivity contribution in [3.63, 3.8) is 0 Å². The van der Waals surface area contributed by atoms with Gasteiger partial charge < -0.3 is 4.13 Å². The summed E-state index contributed by atoms with van der Waals surface area (Å²) in [6.07, 6.45) is 0. The van der Waals surface area contributed by atoms with Crippen molar-refractivity contribution in [2.45, 2.75) is 0 Å². The van der Waals surface area contributed by atoms with E-state index in [1.165, 1.54) is 4.13 Å². The third-order valence-electron chi connectivity index (χ3n) is 0.342. The molecule has 0 aromatic carbocycles. The van der Waals surface area contributed by atoms with E-state index in [0.29, 0.717) is 0 Å². The van der Waals surface area contributed by atoms with Crippen LogP contribution in [0.2, 0.25) is 0 Å². The van der Waals surface area contributed by atoms with Gasteiger partial charge in [-0.3, -0.25) is 0 Å². The second kappa shape index (κ2) is 5.07. The van der Waals surface area contributed by atoms with Crippen molar-refractivity contribution in [2.24, 2.45) is 0 Å². The Labute approximate surface area is 78.5 Å². The van der Waals surface area contributed by atoms with Gasteiger partial charge in [0, 0.05) is 0 Å². The van der Waals surface area contributed by atoms with Gasteiger partial charge in [-0.25, -0.2) is 16.8 Å². The van der Waals surface area contributed by atoms with Crippen molar-refractivity contribution in [1.29, 1.82) is 0 Å². The Balaban J connectivity index is 0. The second-order valence-electron chi connectivity index (χ2n) is 1.06. The quantitative estimate of drug-likeness (QED) is 0.458. The molecule has 0 aromatic rings. The summed E-state index contributed by atoms with van der Waals surface area (Å²) in [4.78, 5) is 0. The third-order valence-corrected chi connectivity index (χ3v) is 2.12. The van der Waals surface area contributed by atoms with E-state index >= 15 is 0 Å². The zero-order valence-corrected chi connectivity index (χ0v) is 7.10. The molecule has 0 heterocycles. The largest absolute Gasteiger partial charge is 1.00 e. The summed E-state index contributed by atoms with van der Waals surface area (Å²) >= 11 is 0. The minimum atomic E-state index is -5.28. The molecule has 0 aliphatic heterocycles. The maximum atomic E-state index is 10.8. The van der Waals surface area contributed by atoms with Crippen LogP contribution in [0, 0.1) is 0 Å². The maximum absolute atomic E-state index is 10.8. The van der Waals surface area contributed by atoms with Crippen molar-refractivity contribution in [3.8, 4) is 0 Å². The minimum absolute atomic E-state index is 0. The fraction of sp³-hybridized carbons (Fsp3) is 0. The summed E-state index contributed by atoms with van der Waals surface area (Å²) in [7, 11) is -10.6. The van der Waals surface area contributed by atoms with Crippen LogP contribution in [0.1, 0.15) is 0 Å². The summed E-state index contributed by atoms with van der Waals surface area (Å²) in [5, 5.41) is 0. The Morgan fingerprint density at radius 1 is 0.917 bits per heavy atom. The number of rotatable bonds is 4. The fourth-order valence-electron chi connectivity index (χ4n) is 0.135. The first kappa shape index (κ1) is 14.7. The van der Waals surface area contributed by atoms with Gasteiger partial charge in [0.2, 0.25) is 20.6 Å². The number of hydrogen-bond acceptors (Lipinski definition) is 6. The summed E-state index contributed by atoms with van der Waals surface area (Å²) in [6, 6.07) is 0. The molecule has 0 bridgehead atoms. The fourth-order valence-corrected chi connectivity index (χ4v) is 1.21. The van der Waals surface area contributed by atoms with Gasteiger partial charge >= 0.3 is 18.9 Å². The topological polar surface area (TPSA) is 101 Å². The van der Waals surface area contributed by atoms with E-state index in [-0.39, 0.29) is 18.9 Å². The average molecular weight is 219 g/mol. The predicted molar refractivity (Wildman–Crippen MR) is 25.6 cm³/mol. The Morgan fingerprint density at radius 2 is 1.17 bits per heavy atom. The maximum Gasteiger partial charge on any atom is 1.00 e. The van der Waals surface area contributed by atoms with Crippen LogP contribution < -0.4 is 18.9 Å². The van der Waals surface area contributed by atoms with E-state index in [1.807, 2.05) is 0 Å². The molecule has 0 atom stereocenters. The summed E-state index contributed by atoms with van der Waals surface area (Å²) in [5.41, 5.74) is 0. The van der Waals surface area contributed by atoms with Crippen LogP contribution in [-0.2, 0) is 29.4 Å². The monoisotopic (exact) mass is 219 g/mol. The molecule has 0 aliphatic rings. The molecule has 0 aromatic heterocycles. The molecule has 0 aliphatic carbocycles. The molecular formula is F2LiNO6S2. The molecule has 68 valence electrons. The number of halogens is 2. The predicted octanol–water partition coefficient (Wildman–Crippen LogP) is -3.34. The molecule has 0 rings (SSSR count). The first-order valence-electron chi connectivity index (χ1n) is 1.67. The molecule has 0 unspecified atom stereocenters. The van der Waals surface area contributed by atoms with Crippen molar-refractivity contribution in [1.82, 2.24) is 0 Å². The van der Waals surface area contributed by atoms with Crippen LogP contribution in [0.4, 0.5) is 9.05 Å². The normalized spacial score (nSPS) is 12.2. The molecule has 12 heavy (non-hydrogen) atoms. The van der Waals surface area contributed by atoms with Crippen molar-refractivity contribution in [2.75, 3.05) is 0 Å². The van der Waals surface area contributed by atoms with Gasteiger partial charge in [0.15, 0.2) is 0 Å². The van der Waals surface area contributed by atoms with E-state index in [2.05, 4.69) is 8.78 Å². The summed E-state index contributed by atoms with van der Waals surface area (Å²) in [6.45, 7) is 0. The Bertz CT molecular complexity index is 272. The molecule has 7 nitrogen and oxygen atoms in total. The van der Waals surface area contributed by atoms with Crippen molar-refractivity contribution >= 4 is 20.6 Å². The van der Waals surface area contributed by atoms with Gasteiger partial charge in [0.05, 0.1) is 0 Å². The number of hydrogen-bond donors (Lipinski definition) is 0. The molecule has 0 fully saturated rings. The molecule has 12 heteroatoms. The molecule has 0 N–H and O–H groups in total. The Kier molecular flexibility index (Phi) is 6.23. The third kappa shape index (κ3) is 5.83. The van der Waals surface area contributed by atoms with E-state index < -0.39 is 20.6 Å². The van der Waals surface area contributed by atoms with Crippen LogP contribution in [-0.4, -0.2) is 16.8 Å². The van der Waals surface area contributed by atoms with Crippen LogP contribution in [0.15, 0.2) is 0 Å². The van der Waals surface area contributed by atoms with Gasteiger partial charge in [-0.2, -0.15) is 0 Å².